The summed E-state index contributed by atoms with van der Waals surface area (Å²) in [5.74, 6) is -4.41. The fraction of sp³-hybridized carbons (Fsp3) is 0.321. The number of ether oxygens (including phenoxy) is 1. The van der Waals surface area contributed by atoms with E-state index in [2.05, 4.69) is 29.9 Å². The Hall–Kier alpha value is -4.67. The fourth-order valence-electron chi connectivity index (χ4n) is 3.50. The second kappa shape index (κ2) is 14.0. The molecule has 0 aliphatic carbocycles. The second-order valence-corrected chi connectivity index (χ2v) is 10.2. The number of pyridine rings is 2. The number of aromatic nitrogens is 6. The number of aryl methyl sites for hydroxylation is 1. The van der Waals surface area contributed by atoms with Crippen molar-refractivity contribution < 1.29 is 44.7 Å². The van der Waals surface area contributed by atoms with Gasteiger partial charge in [0.2, 0.25) is 11.6 Å². The van der Waals surface area contributed by atoms with E-state index in [1.54, 1.807) is 20.8 Å². The Morgan fingerprint density at radius 2 is 1.09 bits per heavy atom. The fourth-order valence-corrected chi connectivity index (χ4v) is 3.50. The van der Waals surface area contributed by atoms with Crippen molar-refractivity contribution >= 4 is 5.97 Å². The zero-order valence-electron chi connectivity index (χ0n) is 23.8. The summed E-state index contributed by atoms with van der Waals surface area (Å²) in [5, 5.41) is 0. The molecule has 0 saturated heterocycles. The Morgan fingerprint density at radius 1 is 0.689 bits per heavy atom. The SMILES string of the molecule is CC(C)(C)OC(=O)CCc1cc(-c2cnc(C(F)(F)F)nc2)c(F)cn1.NCc1cc(-c2cnc(C(F)(F)F)nc2)c(F)cn1. The lowest BCUT2D eigenvalue weighted by atomic mass is 10.1. The van der Waals surface area contributed by atoms with E-state index in [1.165, 1.54) is 12.1 Å². The van der Waals surface area contributed by atoms with Crippen molar-refractivity contribution in [3.63, 3.8) is 0 Å². The van der Waals surface area contributed by atoms with Gasteiger partial charge in [0.25, 0.3) is 0 Å². The first-order chi connectivity index (χ1) is 20.9. The van der Waals surface area contributed by atoms with E-state index in [0.29, 0.717) is 11.4 Å². The number of halogens is 8. The molecule has 9 nitrogen and oxygen atoms in total. The van der Waals surface area contributed by atoms with E-state index < -0.39 is 47.2 Å². The average molecular weight is 644 g/mol. The van der Waals surface area contributed by atoms with E-state index >= 15 is 0 Å². The van der Waals surface area contributed by atoms with E-state index in [-0.39, 0.29) is 41.6 Å². The van der Waals surface area contributed by atoms with Gasteiger partial charge < -0.3 is 10.5 Å². The van der Waals surface area contributed by atoms with Crippen molar-refractivity contribution in [3.8, 4) is 22.3 Å². The van der Waals surface area contributed by atoms with Crippen molar-refractivity contribution in [2.45, 2.75) is 58.1 Å². The lowest BCUT2D eigenvalue weighted by molar-refractivity contribution is -0.154. The molecule has 0 aromatic carbocycles. The highest BCUT2D eigenvalue weighted by molar-refractivity contribution is 5.70. The van der Waals surface area contributed by atoms with Crippen LogP contribution in [-0.2, 0) is 34.8 Å². The van der Waals surface area contributed by atoms with Crippen LogP contribution in [0.1, 0.15) is 50.2 Å². The van der Waals surface area contributed by atoms with E-state index in [0.717, 1.165) is 37.2 Å². The number of alkyl halides is 6. The number of nitrogens with zero attached hydrogens (tertiary/aromatic N) is 6. The topological polar surface area (TPSA) is 130 Å². The molecule has 17 heteroatoms. The maximum absolute atomic E-state index is 14.0. The van der Waals surface area contributed by atoms with Gasteiger partial charge in [-0.3, -0.25) is 14.8 Å². The first-order valence-electron chi connectivity index (χ1n) is 12.9. The zero-order valence-corrected chi connectivity index (χ0v) is 23.8. The molecule has 0 aliphatic heterocycles. The molecule has 0 amide bonds. The molecule has 4 aromatic heterocycles. The average Bonchev–Trinajstić information content (AvgIpc) is 2.96. The molecule has 4 rings (SSSR count). The summed E-state index contributed by atoms with van der Waals surface area (Å²) in [6, 6.07) is 2.70. The monoisotopic (exact) mass is 643 g/mol. The lowest BCUT2D eigenvalue weighted by Gasteiger charge is -2.19. The summed E-state index contributed by atoms with van der Waals surface area (Å²) in [4.78, 5) is 32.1. The quantitative estimate of drug-likeness (QED) is 0.195. The number of hydrogen-bond donors (Lipinski definition) is 1. The van der Waals surface area contributed by atoms with Crippen molar-refractivity contribution in [3.05, 3.63) is 84.0 Å². The zero-order chi connectivity index (χ0) is 33.6. The van der Waals surface area contributed by atoms with E-state index in [1.807, 2.05) is 0 Å². The largest absolute Gasteiger partial charge is 0.460 e. The summed E-state index contributed by atoms with van der Waals surface area (Å²) >= 11 is 0. The van der Waals surface area contributed by atoms with Crippen molar-refractivity contribution in [2.75, 3.05) is 0 Å². The van der Waals surface area contributed by atoms with Crippen LogP contribution >= 0.6 is 0 Å². The molecule has 0 fully saturated rings. The summed E-state index contributed by atoms with van der Waals surface area (Å²) in [6.07, 6.45) is -3.55. The van der Waals surface area contributed by atoms with Gasteiger partial charge in [0.15, 0.2) is 0 Å². The normalized spacial score (nSPS) is 11.9. The standard InChI is InChI=1S/C17H17F4N3O2.C11H8F4N4/c1-16(2,3)26-14(25)5-4-11-6-12(13(18)9-22-11)10-7-23-15(24-8-10)17(19,20)21;12-9-5-17-7(2-16)1-8(9)6-3-18-10(19-4-6)11(13,14)15/h6-9H,4-5H2,1-3H3;1,3-5H,2,16H2. The number of rotatable bonds is 6. The highest BCUT2D eigenvalue weighted by Crippen LogP contribution is 2.29. The molecule has 4 aromatic rings. The van der Waals surface area contributed by atoms with Gasteiger partial charge in [0, 0.05) is 65.7 Å². The molecule has 4 heterocycles. The maximum atomic E-state index is 14.0. The highest BCUT2D eigenvalue weighted by Gasteiger charge is 2.35. The van der Waals surface area contributed by atoms with Crippen LogP contribution in [0.5, 0.6) is 0 Å². The summed E-state index contributed by atoms with van der Waals surface area (Å²) in [6.45, 7) is 5.31. The predicted molar refractivity (Wildman–Crippen MR) is 143 cm³/mol. The molecule has 0 radical (unpaired) electrons. The number of esters is 1. The van der Waals surface area contributed by atoms with Gasteiger partial charge >= 0.3 is 18.3 Å². The van der Waals surface area contributed by atoms with Crippen molar-refractivity contribution in [1.29, 1.82) is 0 Å². The third kappa shape index (κ3) is 10.2. The van der Waals surface area contributed by atoms with Crippen LogP contribution in [0.4, 0.5) is 35.1 Å². The number of hydrogen-bond acceptors (Lipinski definition) is 9. The van der Waals surface area contributed by atoms with E-state index in [9.17, 15) is 39.9 Å². The Bertz CT molecular complexity index is 1610. The van der Waals surface area contributed by atoms with Gasteiger partial charge in [-0.15, -0.1) is 0 Å². The van der Waals surface area contributed by atoms with Gasteiger partial charge in [0.1, 0.15) is 17.2 Å². The minimum absolute atomic E-state index is 0.00733. The maximum Gasteiger partial charge on any atom is 0.451 e. The Labute approximate surface area is 251 Å². The van der Waals surface area contributed by atoms with Gasteiger partial charge in [-0.05, 0) is 32.9 Å². The van der Waals surface area contributed by atoms with Gasteiger partial charge in [-0.1, -0.05) is 0 Å². The number of carbonyl (C=O) groups is 1. The summed E-state index contributed by atoms with van der Waals surface area (Å²) < 4.78 is 107. The molecular weight excluding hydrogens is 618 g/mol. The van der Waals surface area contributed by atoms with Crippen LogP contribution < -0.4 is 5.73 Å². The minimum atomic E-state index is -4.67. The molecule has 0 bridgehead atoms. The Morgan fingerprint density at radius 3 is 1.47 bits per heavy atom. The van der Waals surface area contributed by atoms with Crippen LogP contribution in [0.25, 0.3) is 22.3 Å². The summed E-state index contributed by atoms with van der Waals surface area (Å²) in [7, 11) is 0. The molecule has 0 spiro atoms. The number of nitrogens with two attached hydrogens (primary N) is 1. The van der Waals surface area contributed by atoms with Crippen molar-refractivity contribution in [2.24, 2.45) is 5.73 Å². The first kappa shape index (κ1) is 34.8. The van der Waals surface area contributed by atoms with Crippen LogP contribution in [-0.4, -0.2) is 41.5 Å². The highest BCUT2D eigenvalue weighted by atomic mass is 19.4. The van der Waals surface area contributed by atoms with Gasteiger partial charge in [-0.25, -0.2) is 28.7 Å². The molecule has 45 heavy (non-hydrogen) atoms. The minimum Gasteiger partial charge on any atom is -0.460 e. The predicted octanol–water partition coefficient (Wildman–Crippen LogP) is 6.13. The molecular formula is C28H25F8N7O2. The van der Waals surface area contributed by atoms with Gasteiger partial charge in [0.05, 0.1) is 24.5 Å². The van der Waals surface area contributed by atoms with Crippen LogP contribution in [0.15, 0.2) is 49.3 Å². The van der Waals surface area contributed by atoms with Crippen molar-refractivity contribution in [1.82, 2.24) is 29.9 Å². The molecule has 2 N–H and O–H groups in total. The number of carbonyl (C=O) groups excluding carboxylic acids is 1. The molecule has 0 atom stereocenters. The van der Waals surface area contributed by atoms with Crippen LogP contribution in [0.3, 0.4) is 0 Å². The molecule has 240 valence electrons. The first-order valence-corrected chi connectivity index (χ1v) is 12.9. The summed E-state index contributed by atoms with van der Waals surface area (Å²) in [5.41, 5.74) is 5.83. The second-order valence-electron chi connectivity index (χ2n) is 10.2. The molecule has 0 saturated carbocycles. The Balaban J connectivity index is 0.000000257. The molecule has 0 unspecified atom stereocenters. The smallest absolute Gasteiger partial charge is 0.451 e. The van der Waals surface area contributed by atoms with E-state index in [4.69, 9.17) is 10.5 Å². The third-order valence-electron chi connectivity index (χ3n) is 5.47. The third-order valence-corrected chi connectivity index (χ3v) is 5.47. The lowest BCUT2D eigenvalue weighted by Crippen LogP contribution is -2.24. The Kier molecular flexibility index (Phi) is 10.8. The van der Waals surface area contributed by atoms with Gasteiger partial charge in [-0.2, -0.15) is 26.3 Å². The van der Waals surface area contributed by atoms with Crippen LogP contribution in [0, 0.1) is 11.6 Å². The molecule has 0 aliphatic rings. The van der Waals surface area contributed by atoms with Crippen LogP contribution in [0.2, 0.25) is 0 Å².